The van der Waals surface area contributed by atoms with Gasteiger partial charge in [-0.15, -0.1) is 0 Å². The molecule has 2 atom stereocenters. The van der Waals surface area contributed by atoms with Crippen LogP contribution in [0.15, 0.2) is 0 Å². The van der Waals surface area contributed by atoms with Crippen molar-refractivity contribution in [2.75, 3.05) is 26.7 Å². The fourth-order valence-electron chi connectivity index (χ4n) is 2.49. The van der Waals surface area contributed by atoms with E-state index in [1.807, 2.05) is 6.92 Å². The van der Waals surface area contributed by atoms with Gasteiger partial charge in [0.1, 0.15) is 6.04 Å². The Kier molecular flexibility index (Phi) is 6.45. The van der Waals surface area contributed by atoms with Crippen LogP contribution in [0, 0.1) is 5.92 Å². The molecule has 0 bridgehead atoms. The first kappa shape index (κ1) is 17.3. The summed E-state index contributed by atoms with van der Waals surface area (Å²) >= 11 is 0. The topological polar surface area (TPSA) is 90.0 Å². The van der Waals surface area contributed by atoms with E-state index in [9.17, 15) is 14.4 Å². The number of carbonyl (C=O) groups is 3. The van der Waals surface area contributed by atoms with Crippen LogP contribution in [0.2, 0.25) is 0 Å². The van der Waals surface area contributed by atoms with Gasteiger partial charge in [0.25, 0.3) is 0 Å². The molecule has 7 nitrogen and oxygen atoms in total. The summed E-state index contributed by atoms with van der Waals surface area (Å²) in [5.74, 6) is -0.980. The minimum absolute atomic E-state index is 0.00803. The van der Waals surface area contributed by atoms with Crippen LogP contribution in [0.25, 0.3) is 0 Å². The summed E-state index contributed by atoms with van der Waals surface area (Å²) < 4.78 is 0. The second-order valence-corrected chi connectivity index (χ2v) is 5.58. The Balaban J connectivity index is 2.51. The third kappa shape index (κ3) is 5.24. The van der Waals surface area contributed by atoms with Crippen LogP contribution in [0.5, 0.6) is 0 Å². The molecule has 7 heteroatoms. The van der Waals surface area contributed by atoms with Gasteiger partial charge in [-0.25, -0.2) is 4.79 Å². The second kappa shape index (κ2) is 7.85. The highest BCUT2D eigenvalue weighted by Gasteiger charge is 2.27. The summed E-state index contributed by atoms with van der Waals surface area (Å²) in [6, 6.07) is -0.877. The number of carboxylic acids is 1. The van der Waals surface area contributed by atoms with Crippen LogP contribution in [0.1, 0.15) is 33.1 Å². The predicted octanol–water partition coefficient (Wildman–Crippen LogP) is 0.750. The number of likely N-dealkylation sites (tertiary alicyclic amines) is 1. The van der Waals surface area contributed by atoms with Crippen LogP contribution in [0.3, 0.4) is 0 Å². The fraction of sp³-hybridized carbons (Fsp3) is 0.786. The molecule has 21 heavy (non-hydrogen) atoms. The van der Waals surface area contributed by atoms with Crippen molar-refractivity contribution in [2.24, 2.45) is 5.92 Å². The summed E-state index contributed by atoms with van der Waals surface area (Å²) in [5, 5.41) is 11.5. The van der Waals surface area contributed by atoms with Gasteiger partial charge in [0.2, 0.25) is 5.91 Å². The SMILES string of the molecule is CCN(C)C(=O)C(C)NC(=O)N1CCCC(CC(=O)O)C1. The van der Waals surface area contributed by atoms with Gasteiger partial charge in [-0.1, -0.05) is 0 Å². The Bertz CT molecular complexity index is 400. The van der Waals surface area contributed by atoms with Gasteiger partial charge in [-0.2, -0.15) is 0 Å². The maximum Gasteiger partial charge on any atom is 0.318 e. The molecular weight excluding hydrogens is 274 g/mol. The minimum atomic E-state index is -0.838. The van der Waals surface area contributed by atoms with E-state index in [1.54, 1.807) is 23.8 Å². The lowest BCUT2D eigenvalue weighted by Gasteiger charge is -2.33. The summed E-state index contributed by atoms with van der Waals surface area (Å²) in [6.45, 7) is 5.15. The molecule has 2 N–H and O–H groups in total. The quantitative estimate of drug-likeness (QED) is 0.784. The highest BCUT2D eigenvalue weighted by atomic mass is 16.4. The molecule has 1 saturated heterocycles. The first-order valence-corrected chi connectivity index (χ1v) is 7.37. The largest absolute Gasteiger partial charge is 0.481 e. The molecule has 2 unspecified atom stereocenters. The van der Waals surface area contributed by atoms with E-state index in [0.717, 1.165) is 12.8 Å². The zero-order valence-corrected chi connectivity index (χ0v) is 13.0. The summed E-state index contributed by atoms with van der Waals surface area (Å²) in [4.78, 5) is 38.0. The number of urea groups is 1. The average molecular weight is 299 g/mol. The molecule has 3 amide bonds. The first-order valence-electron chi connectivity index (χ1n) is 7.37. The van der Waals surface area contributed by atoms with Crippen molar-refractivity contribution in [2.45, 2.75) is 39.2 Å². The number of nitrogens with zero attached hydrogens (tertiary/aromatic N) is 2. The molecule has 1 heterocycles. The number of amides is 3. The van der Waals surface area contributed by atoms with E-state index in [-0.39, 0.29) is 24.3 Å². The highest BCUT2D eigenvalue weighted by Crippen LogP contribution is 2.19. The van der Waals surface area contributed by atoms with E-state index in [1.165, 1.54) is 0 Å². The molecule has 0 radical (unpaired) electrons. The van der Waals surface area contributed by atoms with Crippen LogP contribution < -0.4 is 5.32 Å². The number of rotatable bonds is 5. The molecule has 0 aromatic carbocycles. The smallest absolute Gasteiger partial charge is 0.318 e. The molecule has 0 spiro atoms. The van der Waals surface area contributed by atoms with Crippen LogP contribution in [-0.4, -0.2) is 65.5 Å². The Morgan fingerprint density at radius 3 is 2.67 bits per heavy atom. The molecule has 120 valence electrons. The molecule has 0 aromatic heterocycles. The number of likely N-dealkylation sites (N-methyl/N-ethyl adjacent to an activating group) is 1. The molecule has 1 rings (SSSR count). The molecule has 0 aliphatic carbocycles. The summed E-state index contributed by atoms with van der Waals surface area (Å²) in [6.07, 6.45) is 1.70. The van der Waals surface area contributed by atoms with Crippen molar-refractivity contribution < 1.29 is 19.5 Å². The van der Waals surface area contributed by atoms with Crippen molar-refractivity contribution in [3.05, 3.63) is 0 Å². The molecule has 1 fully saturated rings. The number of hydrogen-bond donors (Lipinski definition) is 2. The van der Waals surface area contributed by atoms with E-state index >= 15 is 0 Å². The molecular formula is C14H25N3O4. The van der Waals surface area contributed by atoms with Gasteiger partial charge in [-0.3, -0.25) is 9.59 Å². The maximum atomic E-state index is 12.2. The van der Waals surface area contributed by atoms with Gasteiger partial charge >= 0.3 is 12.0 Å². The average Bonchev–Trinajstić information content (AvgIpc) is 2.45. The zero-order valence-electron chi connectivity index (χ0n) is 13.0. The van der Waals surface area contributed by atoms with E-state index in [4.69, 9.17) is 5.11 Å². The van der Waals surface area contributed by atoms with Crippen molar-refractivity contribution in [1.82, 2.24) is 15.1 Å². The van der Waals surface area contributed by atoms with Crippen LogP contribution >= 0.6 is 0 Å². The summed E-state index contributed by atoms with van der Waals surface area (Å²) in [5.41, 5.74) is 0. The normalized spacial score (nSPS) is 19.8. The van der Waals surface area contributed by atoms with Gasteiger partial charge in [0.15, 0.2) is 0 Å². The van der Waals surface area contributed by atoms with Crippen molar-refractivity contribution in [3.63, 3.8) is 0 Å². The number of hydrogen-bond acceptors (Lipinski definition) is 3. The number of carbonyl (C=O) groups excluding carboxylic acids is 2. The third-order valence-corrected chi connectivity index (χ3v) is 3.83. The van der Waals surface area contributed by atoms with Crippen LogP contribution in [-0.2, 0) is 9.59 Å². The Labute approximate surface area is 125 Å². The van der Waals surface area contributed by atoms with E-state index in [2.05, 4.69) is 5.32 Å². The van der Waals surface area contributed by atoms with Crippen molar-refractivity contribution >= 4 is 17.9 Å². The fourth-order valence-corrected chi connectivity index (χ4v) is 2.49. The number of nitrogens with one attached hydrogen (secondary N) is 1. The number of carboxylic acid groups (broad SMARTS) is 1. The molecule has 0 saturated carbocycles. The number of aliphatic carboxylic acids is 1. The number of piperidine rings is 1. The van der Waals surface area contributed by atoms with E-state index < -0.39 is 12.0 Å². The van der Waals surface area contributed by atoms with Gasteiger partial charge < -0.3 is 20.2 Å². The van der Waals surface area contributed by atoms with Gasteiger partial charge in [-0.05, 0) is 32.6 Å². The van der Waals surface area contributed by atoms with Crippen molar-refractivity contribution in [1.29, 1.82) is 0 Å². The second-order valence-electron chi connectivity index (χ2n) is 5.58. The third-order valence-electron chi connectivity index (χ3n) is 3.83. The monoisotopic (exact) mass is 299 g/mol. The lowest BCUT2D eigenvalue weighted by molar-refractivity contribution is -0.138. The van der Waals surface area contributed by atoms with Crippen LogP contribution in [0.4, 0.5) is 4.79 Å². The van der Waals surface area contributed by atoms with Crippen molar-refractivity contribution in [3.8, 4) is 0 Å². The van der Waals surface area contributed by atoms with Gasteiger partial charge in [0, 0.05) is 33.1 Å². The first-order chi connectivity index (χ1) is 9.85. The lowest BCUT2D eigenvalue weighted by atomic mass is 9.95. The molecule has 1 aliphatic rings. The standard InChI is InChI=1S/C14H25N3O4/c1-4-16(3)13(20)10(2)15-14(21)17-7-5-6-11(9-17)8-12(18)19/h10-11H,4-9H2,1-3H3,(H,15,21)(H,18,19). The Hall–Kier alpha value is -1.79. The minimum Gasteiger partial charge on any atom is -0.481 e. The molecule has 0 aromatic rings. The zero-order chi connectivity index (χ0) is 16.0. The summed E-state index contributed by atoms with van der Waals surface area (Å²) in [7, 11) is 1.69. The van der Waals surface area contributed by atoms with E-state index in [0.29, 0.717) is 19.6 Å². The Morgan fingerprint density at radius 1 is 1.43 bits per heavy atom. The van der Waals surface area contributed by atoms with Gasteiger partial charge in [0.05, 0.1) is 0 Å². The lowest BCUT2D eigenvalue weighted by Crippen LogP contribution is -2.52. The predicted molar refractivity (Wildman–Crippen MR) is 77.9 cm³/mol. The Morgan fingerprint density at radius 2 is 2.10 bits per heavy atom. The molecule has 1 aliphatic heterocycles. The highest BCUT2D eigenvalue weighted by molar-refractivity contribution is 5.86. The maximum absolute atomic E-state index is 12.2.